The van der Waals surface area contributed by atoms with Crippen molar-refractivity contribution in [3.8, 4) is 17.1 Å². The topological polar surface area (TPSA) is 63.4 Å². The summed E-state index contributed by atoms with van der Waals surface area (Å²) in [5.41, 5.74) is 0.930. The molecule has 1 atom stereocenters. The molecule has 6 nitrogen and oxygen atoms in total. The lowest BCUT2D eigenvalue weighted by molar-refractivity contribution is 0.146. The summed E-state index contributed by atoms with van der Waals surface area (Å²) in [5, 5.41) is 7.44. The third kappa shape index (κ3) is 3.76. The van der Waals surface area contributed by atoms with Gasteiger partial charge in [-0.2, -0.15) is 4.98 Å². The van der Waals surface area contributed by atoms with E-state index >= 15 is 0 Å². The van der Waals surface area contributed by atoms with Crippen LogP contribution in [0.15, 0.2) is 28.8 Å². The molecule has 0 spiro atoms. The summed E-state index contributed by atoms with van der Waals surface area (Å²) in [5.74, 6) is 2.10. The molecule has 1 aromatic carbocycles. The maximum atomic E-state index is 5.37. The van der Waals surface area contributed by atoms with Crippen LogP contribution in [0.3, 0.4) is 0 Å². The second-order valence-corrected chi connectivity index (χ2v) is 5.26. The number of piperazine rings is 1. The standard InChI is InChI=1S/C15H20N4O2.ClH/c1-11-9-16-7-8-19(11)10-14-17-15(18-21-14)12-3-5-13(20-2)6-4-12;/h3-6,11,16H,7-10H2,1-2H3;1H/t11-;/m1./s1. The zero-order chi connectivity index (χ0) is 14.7. The van der Waals surface area contributed by atoms with Crippen molar-refractivity contribution in [3.63, 3.8) is 0 Å². The Balaban J connectivity index is 0.00000176. The Morgan fingerprint density at radius 3 is 2.82 bits per heavy atom. The molecule has 2 aromatic rings. The van der Waals surface area contributed by atoms with Crippen LogP contribution in [0.25, 0.3) is 11.4 Å². The first-order valence-electron chi connectivity index (χ1n) is 7.18. The molecule has 0 amide bonds. The minimum atomic E-state index is 0. The van der Waals surface area contributed by atoms with Gasteiger partial charge < -0.3 is 14.6 Å². The van der Waals surface area contributed by atoms with E-state index in [-0.39, 0.29) is 12.4 Å². The maximum Gasteiger partial charge on any atom is 0.241 e. The van der Waals surface area contributed by atoms with Gasteiger partial charge in [-0.1, -0.05) is 5.16 Å². The number of halogens is 1. The molecule has 3 rings (SSSR count). The first kappa shape index (κ1) is 16.7. The van der Waals surface area contributed by atoms with Crippen LogP contribution in [0.2, 0.25) is 0 Å². The minimum absolute atomic E-state index is 0. The predicted molar refractivity (Wildman–Crippen MR) is 86.3 cm³/mol. The highest BCUT2D eigenvalue weighted by Gasteiger charge is 2.20. The van der Waals surface area contributed by atoms with Gasteiger partial charge in [0, 0.05) is 31.2 Å². The van der Waals surface area contributed by atoms with Crippen molar-refractivity contribution in [2.45, 2.75) is 19.5 Å². The van der Waals surface area contributed by atoms with Crippen molar-refractivity contribution in [3.05, 3.63) is 30.2 Å². The molecule has 1 aromatic heterocycles. The van der Waals surface area contributed by atoms with Crippen molar-refractivity contribution in [2.24, 2.45) is 0 Å². The Hall–Kier alpha value is -1.63. The monoisotopic (exact) mass is 324 g/mol. The Kier molecular flexibility index (Phi) is 5.76. The number of nitrogens with one attached hydrogen (secondary N) is 1. The molecule has 0 bridgehead atoms. The average Bonchev–Trinajstić information content (AvgIpc) is 2.98. The third-order valence-electron chi connectivity index (χ3n) is 3.79. The van der Waals surface area contributed by atoms with Gasteiger partial charge in [0.05, 0.1) is 13.7 Å². The number of methoxy groups -OCH3 is 1. The number of aromatic nitrogens is 2. The number of hydrogen-bond acceptors (Lipinski definition) is 6. The van der Waals surface area contributed by atoms with Crippen LogP contribution in [-0.2, 0) is 6.54 Å². The van der Waals surface area contributed by atoms with Crippen molar-refractivity contribution in [1.82, 2.24) is 20.4 Å². The van der Waals surface area contributed by atoms with E-state index in [0.717, 1.165) is 30.9 Å². The van der Waals surface area contributed by atoms with E-state index in [4.69, 9.17) is 9.26 Å². The summed E-state index contributed by atoms with van der Waals surface area (Å²) in [7, 11) is 1.65. The van der Waals surface area contributed by atoms with E-state index in [1.807, 2.05) is 24.3 Å². The second kappa shape index (κ2) is 7.58. The first-order valence-corrected chi connectivity index (χ1v) is 7.18. The molecular formula is C15H21ClN4O2. The molecule has 0 unspecified atom stereocenters. The fourth-order valence-corrected chi connectivity index (χ4v) is 2.47. The highest BCUT2D eigenvalue weighted by Crippen LogP contribution is 2.20. The molecule has 2 heterocycles. The Labute approximate surface area is 136 Å². The third-order valence-corrected chi connectivity index (χ3v) is 3.79. The number of ether oxygens (including phenoxy) is 1. The normalized spacial score (nSPS) is 18.7. The highest BCUT2D eigenvalue weighted by molar-refractivity contribution is 5.85. The molecule has 1 aliphatic rings. The van der Waals surface area contributed by atoms with Gasteiger partial charge in [-0.15, -0.1) is 12.4 Å². The minimum Gasteiger partial charge on any atom is -0.497 e. The van der Waals surface area contributed by atoms with Crippen molar-refractivity contribution in [2.75, 3.05) is 26.7 Å². The number of hydrogen-bond donors (Lipinski definition) is 1. The second-order valence-electron chi connectivity index (χ2n) is 5.26. The molecular weight excluding hydrogens is 304 g/mol. The fourth-order valence-electron chi connectivity index (χ4n) is 2.47. The SMILES string of the molecule is COc1ccc(-c2noc(CN3CCNC[C@H]3C)n2)cc1.Cl. The van der Waals surface area contributed by atoms with Crippen molar-refractivity contribution < 1.29 is 9.26 Å². The van der Waals surface area contributed by atoms with Gasteiger partial charge in [0.1, 0.15) is 5.75 Å². The molecule has 7 heteroatoms. The van der Waals surface area contributed by atoms with Gasteiger partial charge in [-0.3, -0.25) is 4.90 Å². The largest absolute Gasteiger partial charge is 0.497 e. The summed E-state index contributed by atoms with van der Waals surface area (Å²) < 4.78 is 10.5. The highest BCUT2D eigenvalue weighted by atomic mass is 35.5. The first-order chi connectivity index (χ1) is 10.3. The van der Waals surface area contributed by atoms with Gasteiger partial charge in [-0.25, -0.2) is 0 Å². The number of nitrogens with zero attached hydrogens (tertiary/aromatic N) is 3. The van der Waals surface area contributed by atoms with Crippen molar-refractivity contribution >= 4 is 12.4 Å². The summed E-state index contributed by atoms with van der Waals surface area (Å²) in [4.78, 5) is 6.83. The molecule has 22 heavy (non-hydrogen) atoms. The number of benzene rings is 1. The quantitative estimate of drug-likeness (QED) is 0.927. The predicted octanol–water partition coefficient (Wildman–Crippen LogP) is 1.96. The van der Waals surface area contributed by atoms with Gasteiger partial charge >= 0.3 is 0 Å². The molecule has 120 valence electrons. The lowest BCUT2D eigenvalue weighted by Gasteiger charge is -2.32. The zero-order valence-corrected chi connectivity index (χ0v) is 13.6. The van der Waals surface area contributed by atoms with Crippen LogP contribution in [0.1, 0.15) is 12.8 Å². The Bertz CT molecular complexity index is 587. The van der Waals surface area contributed by atoms with Crippen LogP contribution in [-0.4, -0.2) is 47.8 Å². The van der Waals surface area contributed by atoms with E-state index in [1.165, 1.54) is 0 Å². The van der Waals surface area contributed by atoms with E-state index in [9.17, 15) is 0 Å². The smallest absolute Gasteiger partial charge is 0.241 e. The average molecular weight is 325 g/mol. The molecule has 0 aliphatic carbocycles. The molecule has 1 N–H and O–H groups in total. The van der Waals surface area contributed by atoms with Crippen LogP contribution < -0.4 is 10.1 Å². The lowest BCUT2D eigenvalue weighted by atomic mass is 10.2. The molecule has 0 radical (unpaired) electrons. The van der Waals surface area contributed by atoms with Gasteiger partial charge in [0.2, 0.25) is 11.7 Å². The van der Waals surface area contributed by atoms with E-state index in [0.29, 0.717) is 24.3 Å². The summed E-state index contributed by atoms with van der Waals surface area (Å²) >= 11 is 0. The van der Waals surface area contributed by atoms with Crippen LogP contribution in [0.5, 0.6) is 5.75 Å². The molecule has 1 saturated heterocycles. The summed E-state index contributed by atoms with van der Waals surface area (Å²) in [6, 6.07) is 8.13. The van der Waals surface area contributed by atoms with Gasteiger partial charge in [0.25, 0.3) is 0 Å². The summed E-state index contributed by atoms with van der Waals surface area (Å²) in [6.45, 7) is 5.91. The van der Waals surface area contributed by atoms with Crippen LogP contribution in [0, 0.1) is 0 Å². The van der Waals surface area contributed by atoms with Crippen molar-refractivity contribution in [1.29, 1.82) is 0 Å². The maximum absolute atomic E-state index is 5.37. The Morgan fingerprint density at radius 2 is 2.14 bits per heavy atom. The fraction of sp³-hybridized carbons (Fsp3) is 0.467. The van der Waals surface area contributed by atoms with Gasteiger partial charge in [0.15, 0.2) is 0 Å². The zero-order valence-electron chi connectivity index (χ0n) is 12.8. The molecule has 1 fully saturated rings. The van der Waals surface area contributed by atoms with E-state index < -0.39 is 0 Å². The van der Waals surface area contributed by atoms with Crippen LogP contribution in [0.4, 0.5) is 0 Å². The van der Waals surface area contributed by atoms with Crippen LogP contribution >= 0.6 is 12.4 Å². The molecule has 1 aliphatic heterocycles. The summed E-state index contributed by atoms with van der Waals surface area (Å²) in [6.07, 6.45) is 0. The van der Waals surface area contributed by atoms with Gasteiger partial charge in [-0.05, 0) is 31.2 Å². The van der Waals surface area contributed by atoms with E-state index in [2.05, 4.69) is 27.3 Å². The Morgan fingerprint density at radius 1 is 1.36 bits per heavy atom. The number of rotatable bonds is 4. The lowest BCUT2D eigenvalue weighted by Crippen LogP contribution is -2.49. The molecule has 0 saturated carbocycles. The van der Waals surface area contributed by atoms with E-state index in [1.54, 1.807) is 7.11 Å².